The molecule has 8 nitrogen and oxygen atoms in total. The number of ether oxygens (including phenoxy) is 1. The predicted molar refractivity (Wildman–Crippen MR) is 170 cm³/mol. The molecular weight excluding hydrogens is 739 g/mol. The zero-order chi connectivity index (χ0) is 31.4. The summed E-state index contributed by atoms with van der Waals surface area (Å²) in [6.07, 6.45) is 0.712. The predicted octanol–water partition coefficient (Wildman–Crippen LogP) is 6.54. The van der Waals surface area contributed by atoms with Crippen LogP contribution in [0.25, 0.3) is 0 Å². The zero-order valence-electron chi connectivity index (χ0n) is 23.1. The first-order valence-corrected chi connectivity index (χ1v) is 16.4. The van der Waals surface area contributed by atoms with Crippen LogP contribution in [0.1, 0.15) is 43.1 Å². The van der Waals surface area contributed by atoms with E-state index in [0.29, 0.717) is 17.0 Å². The van der Waals surface area contributed by atoms with E-state index in [1.165, 1.54) is 42.5 Å². The fourth-order valence-electron chi connectivity index (χ4n) is 6.40. The molecule has 3 aromatic carbocycles. The summed E-state index contributed by atoms with van der Waals surface area (Å²) in [5.74, 6) is -4.06. The number of rotatable bonds is 7. The molecule has 2 aliphatic carbocycles. The Morgan fingerprint density at radius 2 is 1.43 bits per heavy atom. The number of Topliss-reactive ketones (excluding diaryl/α,β-unsaturated/α-hetero) is 1. The lowest BCUT2D eigenvalue weighted by molar-refractivity contribution is -0.154. The van der Waals surface area contributed by atoms with Gasteiger partial charge in [0.25, 0.3) is 17.7 Å². The minimum Gasteiger partial charge on any atom is -0.423 e. The highest BCUT2D eigenvalue weighted by Gasteiger charge is 2.67. The molecule has 2 saturated carbocycles. The van der Waals surface area contributed by atoms with Gasteiger partial charge in [-0.25, -0.2) is 9.80 Å². The number of imide groups is 1. The van der Waals surface area contributed by atoms with Crippen molar-refractivity contribution in [2.24, 2.45) is 23.7 Å². The number of hydrogen-bond donors (Lipinski definition) is 0. The minimum absolute atomic E-state index is 0.000524. The third kappa shape index (κ3) is 5.40. The van der Waals surface area contributed by atoms with Crippen molar-refractivity contribution in [3.63, 3.8) is 0 Å². The molecule has 1 heterocycles. The molecule has 3 amide bonds. The zero-order valence-corrected chi connectivity index (χ0v) is 27.8. The van der Waals surface area contributed by atoms with Crippen LogP contribution in [0.5, 0.6) is 5.75 Å². The van der Waals surface area contributed by atoms with Gasteiger partial charge >= 0.3 is 5.97 Å². The first kappa shape index (κ1) is 31.0. The molecule has 0 N–H and O–H groups in total. The molecule has 6 rings (SSSR count). The monoisotopic (exact) mass is 760 g/mol. The second-order valence-corrected chi connectivity index (χ2v) is 14.1. The number of hydrogen-bond acceptors (Lipinski definition) is 6. The van der Waals surface area contributed by atoms with E-state index >= 15 is 0 Å². The van der Waals surface area contributed by atoms with Gasteiger partial charge in [0.05, 0.1) is 28.0 Å². The Balaban J connectivity index is 1.26. The van der Waals surface area contributed by atoms with Crippen molar-refractivity contribution in [2.75, 3.05) is 6.54 Å². The van der Waals surface area contributed by atoms with Gasteiger partial charge in [-0.3, -0.25) is 19.2 Å². The van der Waals surface area contributed by atoms with Gasteiger partial charge in [0.2, 0.25) is 0 Å². The minimum atomic E-state index is -0.788. The van der Waals surface area contributed by atoms with Gasteiger partial charge in [0, 0.05) is 20.2 Å². The second-order valence-electron chi connectivity index (χ2n) is 11.2. The van der Waals surface area contributed by atoms with Crippen LogP contribution in [0.3, 0.4) is 0 Å². The molecule has 6 atom stereocenters. The number of hydrazine groups is 1. The first-order valence-electron chi connectivity index (χ1n) is 13.8. The highest BCUT2D eigenvalue weighted by molar-refractivity contribution is 9.12. The third-order valence-corrected chi connectivity index (χ3v) is 12.3. The summed E-state index contributed by atoms with van der Waals surface area (Å²) in [5, 5.41) is 2.03. The molecule has 3 aliphatic rings. The van der Waals surface area contributed by atoms with Gasteiger partial charge < -0.3 is 4.74 Å². The van der Waals surface area contributed by atoms with E-state index in [0.717, 1.165) is 15.6 Å². The number of fused-ring (bicyclic) bond motifs is 5. The highest BCUT2D eigenvalue weighted by Crippen LogP contribution is 2.60. The van der Waals surface area contributed by atoms with Crippen LogP contribution in [0.2, 0.25) is 10.0 Å². The summed E-state index contributed by atoms with van der Waals surface area (Å²) in [7, 11) is 0. The molecule has 44 heavy (non-hydrogen) atoms. The van der Waals surface area contributed by atoms with Crippen LogP contribution in [0.15, 0.2) is 66.7 Å². The summed E-state index contributed by atoms with van der Waals surface area (Å²) in [6, 6.07) is 17.0. The topological polar surface area (TPSA) is 101 Å². The first-order chi connectivity index (χ1) is 21.0. The lowest BCUT2D eigenvalue weighted by atomic mass is 9.81. The Morgan fingerprint density at radius 3 is 2.00 bits per heavy atom. The maximum atomic E-state index is 13.9. The van der Waals surface area contributed by atoms with Crippen LogP contribution in [0.4, 0.5) is 0 Å². The quantitative estimate of drug-likeness (QED) is 0.0892. The average Bonchev–Trinajstić information content (AvgIpc) is 3.61. The Bertz CT molecular complexity index is 1670. The fraction of sp³-hybridized carbons (Fsp3) is 0.281. The number of carbonyl (C=O) groups is 5. The number of carbonyl (C=O) groups excluding carboxylic acids is 5. The van der Waals surface area contributed by atoms with E-state index < -0.39 is 47.9 Å². The number of halogens is 4. The van der Waals surface area contributed by atoms with Crippen LogP contribution in [0, 0.1) is 30.6 Å². The van der Waals surface area contributed by atoms with Gasteiger partial charge in [-0.15, -0.1) is 0 Å². The second kappa shape index (κ2) is 12.0. The van der Waals surface area contributed by atoms with Crippen molar-refractivity contribution in [1.29, 1.82) is 0 Å². The molecule has 3 fully saturated rings. The number of esters is 1. The van der Waals surface area contributed by atoms with Crippen molar-refractivity contribution in [1.82, 2.24) is 10.0 Å². The van der Waals surface area contributed by atoms with Crippen molar-refractivity contribution in [3.05, 3.63) is 99.0 Å². The Labute approximate surface area is 279 Å². The molecular formula is C32H24Br2Cl2N2O6. The standard InChI is InChI=1S/C32H24Br2Cl2N2O6/c1-15-2-4-17(5-3-15)32(43)44-19-9-6-16(7-10-19)24(39)14-37(29(40)20-11-8-18(35)12-23(20)36)38-30(41)25-21-13-22(26(25)31(38)42)28(34)27(21)33/h2-12,21-22,25-28H,13-14H2,1H3/t21-,22-,25-,26-,27+,28+/m1/s1. The third-order valence-electron chi connectivity index (χ3n) is 8.57. The molecule has 1 aliphatic heterocycles. The molecule has 2 bridgehead atoms. The fourth-order valence-corrected chi connectivity index (χ4v) is 8.76. The molecule has 0 spiro atoms. The number of alkyl halides is 2. The van der Waals surface area contributed by atoms with Gasteiger partial charge in [-0.2, -0.15) is 5.01 Å². The lowest BCUT2D eigenvalue weighted by Crippen LogP contribution is -2.52. The van der Waals surface area contributed by atoms with Crippen LogP contribution < -0.4 is 4.74 Å². The number of amides is 3. The maximum absolute atomic E-state index is 13.9. The van der Waals surface area contributed by atoms with Gasteiger partial charge in [0.1, 0.15) is 12.3 Å². The Kier molecular flexibility index (Phi) is 8.47. The van der Waals surface area contributed by atoms with E-state index in [9.17, 15) is 24.0 Å². The normalized spacial score (nSPS) is 25.2. The number of aryl methyl sites for hydroxylation is 1. The van der Waals surface area contributed by atoms with E-state index in [1.807, 2.05) is 6.92 Å². The molecule has 12 heteroatoms. The SMILES string of the molecule is Cc1ccc(C(=O)Oc2ccc(C(=O)CN(C(=O)c3ccc(Cl)cc3Cl)N3C(=O)[C@@H]4[C@H]5C[C@@H]([C@H](Br)[C@H]5Br)[C@H]4C3=O)cc2)cc1. The van der Waals surface area contributed by atoms with Crippen molar-refractivity contribution < 1.29 is 28.7 Å². The summed E-state index contributed by atoms with van der Waals surface area (Å²) in [4.78, 5) is 67.6. The summed E-state index contributed by atoms with van der Waals surface area (Å²) < 4.78 is 5.42. The summed E-state index contributed by atoms with van der Waals surface area (Å²) >= 11 is 19.7. The van der Waals surface area contributed by atoms with Crippen molar-refractivity contribution in [2.45, 2.75) is 23.0 Å². The van der Waals surface area contributed by atoms with E-state index in [-0.39, 0.29) is 43.4 Å². The smallest absolute Gasteiger partial charge is 0.343 e. The van der Waals surface area contributed by atoms with Crippen LogP contribution >= 0.6 is 55.1 Å². The maximum Gasteiger partial charge on any atom is 0.343 e. The Hall–Kier alpha value is -3.05. The number of nitrogens with zero attached hydrogens (tertiary/aromatic N) is 2. The average molecular weight is 763 g/mol. The molecule has 0 radical (unpaired) electrons. The van der Waals surface area contributed by atoms with Crippen molar-refractivity contribution in [3.8, 4) is 5.75 Å². The van der Waals surface area contributed by atoms with Crippen LogP contribution in [-0.4, -0.2) is 55.7 Å². The van der Waals surface area contributed by atoms with E-state index in [1.54, 1.807) is 24.3 Å². The highest BCUT2D eigenvalue weighted by atomic mass is 79.9. The van der Waals surface area contributed by atoms with Gasteiger partial charge in [-0.05, 0) is 79.8 Å². The number of ketones is 1. The summed E-state index contributed by atoms with van der Waals surface area (Å²) in [5.41, 5.74) is 1.55. The molecule has 1 saturated heterocycles. The largest absolute Gasteiger partial charge is 0.423 e. The molecule has 0 unspecified atom stereocenters. The van der Waals surface area contributed by atoms with Gasteiger partial charge in [0.15, 0.2) is 5.78 Å². The summed E-state index contributed by atoms with van der Waals surface area (Å²) in [6.45, 7) is 1.30. The van der Waals surface area contributed by atoms with E-state index in [2.05, 4.69) is 31.9 Å². The van der Waals surface area contributed by atoms with Gasteiger partial charge in [-0.1, -0.05) is 72.8 Å². The van der Waals surface area contributed by atoms with E-state index in [4.69, 9.17) is 27.9 Å². The Morgan fingerprint density at radius 1 is 0.864 bits per heavy atom. The van der Waals surface area contributed by atoms with Crippen molar-refractivity contribution >= 4 is 84.5 Å². The molecule has 0 aromatic heterocycles. The molecule has 3 aromatic rings. The number of benzene rings is 3. The lowest BCUT2D eigenvalue weighted by Gasteiger charge is -2.31. The molecule has 226 valence electrons. The van der Waals surface area contributed by atoms with Crippen LogP contribution in [-0.2, 0) is 9.59 Å².